The van der Waals surface area contributed by atoms with E-state index in [9.17, 15) is 0 Å². The van der Waals surface area contributed by atoms with Crippen LogP contribution in [-0.4, -0.2) is 14.6 Å². The number of hydrogen-bond acceptors (Lipinski definition) is 3. The van der Waals surface area contributed by atoms with E-state index in [1.807, 2.05) is 11.3 Å². The molecule has 3 nitrogen and oxygen atoms in total. The van der Waals surface area contributed by atoms with E-state index in [-0.39, 0.29) is 0 Å². The van der Waals surface area contributed by atoms with Crippen molar-refractivity contribution in [2.75, 3.05) is 0 Å². The molecule has 0 atom stereocenters. The van der Waals surface area contributed by atoms with Crippen molar-refractivity contribution in [2.45, 2.75) is 0 Å². The number of nitrogens with zero attached hydrogens (tertiary/aromatic N) is 3. The summed E-state index contributed by atoms with van der Waals surface area (Å²) < 4.78 is 4.74. The molecule has 0 amide bonds. The number of hydrogen-bond donors (Lipinski definition) is 0. The summed E-state index contributed by atoms with van der Waals surface area (Å²) in [5, 5.41) is 14.2. The van der Waals surface area contributed by atoms with E-state index in [0.717, 1.165) is 33.4 Å². The highest BCUT2D eigenvalue weighted by atomic mass is 32.1. The third-order valence-electron chi connectivity index (χ3n) is 7.38. The van der Waals surface area contributed by atoms with E-state index >= 15 is 0 Å². The molecule has 0 aliphatic rings. The number of benzene rings is 5. The first-order valence-electron chi connectivity index (χ1n) is 12.7. The van der Waals surface area contributed by atoms with Gasteiger partial charge in [0, 0.05) is 42.9 Å². The average molecular weight is 504 g/mol. The highest BCUT2D eigenvalue weighted by Gasteiger charge is 2.18. The molecule has 8 rings (SSSR count). The molecule has 0 saturated carbocycles. The average Bonchev–Trinajstić information content (AvgIpc) is 3.59. The van der Waals surface area contributed by atoms with Crippen LogP contribution in [0.2, 0.25) is 0 Å². The van der Waals surface area contributed by atoms with Gasteiger partial charge in [-0.25, -0.2) is 0 Å². The van der Waals surface area contributed by atoms with Crippen LogP contribution in [0.5, 0.6) is 0 Å². The van der Waals surface area contributed by atoms with Gasteiger partial charge in [-0.05, 0) is 34.2 Å². The van der Waals surface area contributed by atoms with Crippen molar-refractivity contribution in [3.05, 3.63) is 128 Å². The third-order valence-corrected chi connectivity index (χ3v) is 8.60. The Kier molecular flexibility index (Phi) is 4.69. The molecule has 4 heteroatoms. The Morgan fingerprint density at radius 3 is 1.92 bits per heavy atom. The normalized spacial score (nSPS) is 11.7. The summed E-state index contributed by atoms with van der Waals surface area (Å²) in [6, 6.07) is 43.0. The number of pyridine rings is 1. The fourth-order valence-corrected chi connectivity index (χ4v) is 6.86. The van der Waals surface area contributed by atoms with Gasteiger partial charge in [0.15, 0.2) is 11.5 Å². The molecular weight excluding hydrogens is 482 g/mol. The third kappa shape index (κ3) is 3.14. The van der Waals surface area contributed by atoms with Crippen molar-refractivity contribution < 1.29 is 0 Å². The van der Waals surface area contributed by atoms with Crippen LogP contribution < -0.4 is 0 Å². The van der Waals surface area contributed by atoms with Crippen LogP contribution in [0.15, 0.2) is 128 Å². The van der Waals surface area contributed by atoms with E-state index < -0.39 is 0 Å². The van der Waals surface area contributed by atoms with Crippen molar-refractivity contribution in [2.24, 2.45) is 0 Å². The lowest BCUT2D eigenvalue weighted by molar-refractivity contribution is 1.11. The summed E-state index contributed by atoms with van der Waals surface area (Å²) >= 11 is 1.87. The molecule has 0 bridgehead atoms. The maximum absolute atomic E-state index is 4.70. The molecule has 0 radical (unpaired) electrons. The SMILES string of the molecule is c1ccc(-c2cccc3c2sc2ccccc23)c(-c2ccccc2-c2nnc3c4ccccc4ccn23)c1. The van der Waals surface area contributed by atoms with E-state index in [1.54, 1.807) is 0 Å². The lowest BCUT2D eigenvalue weighted by atomic mass is 9.91. The lowest BCUT2D eigenvalue weighted by Gasteiger charge is -2.14. The number of thiophene rings is 1. The maximum atomic E-state index is 4.70. The van der Waals surface area contributed by atoms with Crippen molar-refractivity contribution >= 4 is 47.9 Å². The molecule has 0 spiro atoms. The minimum atomic E-state index is 0.844. The van der Waals surface area contributed by atoms with Gasteiger partial charge in [-0.1, -0.05) is 109 Å². The second-order valence-electron chi connectivity index (χ2n) is 9.49. The summed E-state index contributed by atoms with van der Waals surface area (Å²) in [6.45, 7) is 0. The zero-order valence-electron chi connectivity index (χ0n) is 20.4. The molecule has 8 aromatic rings. The first kappa shape index (κ1) is 21.3. The first-order chi connectivity index (χ1) is 18.9. The topological polar surface area (TPSA) is 30.2 Å². The van der Waals surface area contributed by atoms with Gasteiger partial charge >= 0.3 is 0 Å². The Morgan fingerprint density at radius 2 is 1.08 bits per heavy atom. The van der Waals surface area contributed by atoms with E-state index in [1.165, 1.54) is 36.9 Å². The van der Waals surface area contributed by atoms with Gasteiger partial charge in [-0.2, -0.15) is 0 Å². The highest BCUT2D eigenvalue weighted by molar-refractivity contribution is 7.26. The molecule has 0 N–H and O–H groups in total. The van der Waals surface area contributed by atoms with Crippen molar-refractivity contribution in [3.8, 4) is 33.6 Å². The van der Waals surface area contributed by atoms with Crippen LogP contribution in [0.3, 0.4) is 0 Å². The molecule has 38 heavy (non-hydrogen) atoms. The Bertz CT molecular complexity index is 2150. The molecule has 178 valence electrons. The Hall–Kier alpha value is -4.80. The first-order valence-corrected chi connectivity index (χ1v) is 13.5. The van der Waals surface area contributed by atoms with E-state index in [0.29, 0.717) is 0 Å². The summed E-state index contributed by atoms with van der Waals surface area (Å²) in [5.74, 6) is 0.844. The van der Waals surface area contributed by atoms with Crippen LogP contribution in [-0.2, 0) is 0 Å². The molecular formula is C34H21N3S. The van der Waals surface area contributed by atoms with Crippen LogP contribution >= 0.6 is 11.3 Å². The zero-order valence-corrected chi connectivity index (χ0v) is 21.2. The van der Waals surface area contributed by atoms with Crippen molar-refractivity contribution in [1.29, 1.82) is 0 Å². The molecule has 0 unspecified atom stereocenters. The molecule has 0 fully saturated rings. The highest BCUT2D eigenvalue weighted by Crippen LogP contribution is 2.44. The summed E-state index contributed by atoms with van der Waals surface area (Å²) in [7, 11) is 0. The van der Waals surface area contributed by atoms with Gasteiger partial charge in [-0.3, -0.25) is 4.40 Å². The standard InChI is InChI=1S/C34H21N3S/c1-2-11-23-22(10-1)20-21-37-33(23)35-36-34(37)30-16-6-5-14-26(30)24-12-3-4-13-25(24)28-17-9-18-29-27-15-7-8-19-31(27)38-32(28)29/h1-21H. The quantitative estimate of drug-likeness (QED) is 0.240. The number of aromatic nitrogens is 3. The predicted octanol–water partition coefficient (Wildman–Crippen LogP) is 9.25. The Labute approximate surface area is 223 Å². The fraction of sp³-hybridized carbons (Fsp3) is 0. The summed E-state index contributed by atoms with van der Waals surface area (Å²) in [5.41, 5.74) is 6.74. The molecule has 0 saturated heterocycles. The number of fused-ring (bicyclic) bond motifs is 6. The Morgan fingerprint density at radius 1 is 0.474 bits per heavy atom. The van der Waals surface area contributed by atoms with Gasteiger partial charge in [-0.15, -0.1) is 21.5 Å². The molecule has 3 aromatic heterocycles. The molecule has 0 aliphatic heterocycles. The molecule has 0 aliphatic carbocycles. The largest absolute Gasteiger partial charge is 0.282 e. The van der Waals surface area contributed by atoms with Gasteiger partial charge in [0.1, 0.15) is 0 Å². The fourth-order valence-electron chi connectivity index (χ4n) is 5.63. The second-order valence-corrected chi connectivity index (χ2v) is 10.5. The minimum Gasteiger partial charge on any atom is -0.282 e. The zero-order chi connectivity index (χ0) is 25.1. The smallest absolute Gasteiger partial charge is 0.168 e. The van der Waals surface area contributed by atoms with Gasteiger partial charge in [0.05, 0.1) is 0 Å². The second kappa shape index (κ2) is 8.37. The van der Waals surface area contributed by atoms with Crippen LogP contribution in [0, 0.1) is 0 Å². The predicted molar refractivity (Wildman–Crippen MR) is 160 cm³/mol. The lowest BCUT2D eigenvalue weighted by Crippen LogP contribution is -1.94. The van der Waals surface area contributed by atoms with Crippen LogP contribution in [0.4, 0.5) is 0 Å². The monoisotopic (exact) mass is 503 g/mol. The van der Waals surface area contributed by atoms with Gasteiger partial charge in [0.25, 0.3) is 0 Å². The van der Waals surface area contributed by atoms with Gasteiger partial charge in [0.2, 0.25) is 0 Å². The Balaban J connectivity index is 1.37. The van der Waals surface area contributed by atoms with Gasteiger partial charge < -0.3 is 0 Å². The van der Waals surface area contributed by atoms with Crippen molar-refractivity contribution in [3.63, 3.8) is 0 Å². The summed E-state index contributed by atoms with van der Waals surface area (Å²) in [4.78, 5) is 0. The van der Waals surface area contributed by atoms with Crippen LogP contribution in [0.25, 0.3) is 70.2 Å². The molecule has 5 aromatic carbocycles. The summed E-state index contributed by atoms with van der Waals surface area (Å²) in [6.07, 6.45) is 2.08. The molecule has 3 heterocycles. The van der Waals surface area contributed by atoms with E-state index in [2.05, 4.69) is 137 Å². The van der Waals surface area contributed by atoms with Crippen LogP contribution in [0.1, 0.15) is 0 Å². The maximum Gasteiger partial charge on any atom is 0.168 e. The minimum absolute atomic E-state index is 0.844. The number of rotatable bonds is 3. The van der Waals surface area contributed by atoms with E-state index in [4.69, 9.17) is 5.10 Å². The van der Waals surface area contributed by atoms with Crippen molar-refractivity contribution in [1.82, 2.24) is 14.6 Å².